The van der Waals surface area contributed by atoms with E-state index in [4.69, 9.17) is 10.2 Å². The maximum atomic E-state index is 12.2. The molecule has 0 saturated carbocycles. The van der Waals surface area contributed by atoms with Crippen molar-refractivity contribution < 1.29 is 17.6 Å². The Morgan fingerprint density at radius 3 is 2.48 bits per heavy atom. The number of hydrogen-bond donors (Lipinski definition) is 2. The summed E-state index contributed by atoms with van der Waals surface area (Å²) in [7, 11) is -3.65. The van der Waals surface area contributed by atoms with E-state index < -0.39 is 15.9 Å². The molecule has 1 aromatic heterocycles. The lowest BCUT2D eigenvalue weighted by Crippen LogP contribution is -2.34. The van der Waals surface area contributed by atoms with Crippen molar-refractivity contribution >= 4 is 15.9 Å². The summed E-state index contributed by atoms with van der Waals surface area (Å²) in [5.74, 6) is 0.104. The topological polar surface area (TPSA) is 102 Å². The Hall–Kier alpha value is -2.12. The largest absolute Gasteiger partial charge is 0.469 e. The smallest absolute Gasteiger partial charge is 0.248 e. The fourth-order valence-corrected chi connectivity index (χ4v) is 3.15. The lowest BCUT2D eigenvalue weighted by molar-refractivity contribution is 0.1000. The zero-order valence-electron chi connectivity index (χ0n) is 11.4. The molecule has 21 heavy (non-hydrogen) atoms. The second-order valence-electron chi connectivity index (χ2n) is 4.69. The number of furan rings is 1. The van der Waals surface area contributed by atoms with Crippen LogP contribution in [0.4, 0.5) is 0 Å². The number of sulfonamides is 1. The Labute approximate surface area is 123 Å². The molecule has 2 rings (SSSR count). The van der Waals surface area contributed by atoms with E-state index in [9.17, 15) is 13.2 Å². The van der Waals surface area contributed by atoms with Gasteiger partial charge in [0, 0.05) is 18.0 Å². The van der Waals surface area contributed by atoms with E-state index >= 15 is 0 Å². The Morgan fingerprint density at radius 2 is 1.95 bits per heavy atom. The molecule has 2 aromatic rings. The molecule has 0 radical (unpaired) electrons. The number of rotatable bonds is 6. The number of primary amides is 1. The van der Waals surface area contributed by atoms with Crippen molar-refractivity contribution in [2.24, 2.45) is 5.73 Å². The van der Waals surface area contributed by atoms with Gasteiger partial charge in [-0.25, -0.2) is 13.1 Å². The number of hydrogen-bond acceptors (Lipinski definition) is 4. The highest BCUT2D eigenvalue weighted by Crippen LogP contribution is 2.12. The Morgan fingerprint density at radius 1 is 1.29 bits per heavy atom. The maximum Gasteiger partial charge on any atom is 0.248 e. The summed E-state index contributed by atoms with van der Waals surface area (Å²) >= 11 is 0. The van der Waals surface area contributed by atoms with Crippen LogP contribution >= 0.6 is 0 Å². The first-order chi connectivity index (χ1) is 9.88. The number of benzene rings is 1. The highest BCUT2D eigenvalue weighted by Gasteiger charge is 2.18. The molecule has 3 N–H and O–H groups in total. The normalized spacial score (nSPS) is 13.0. The van der Waals surface area contributed by atoms with Gasteiger partial charge in [-0.3, -0.25) is 4.79 Å². The minimum absolute atomic E-state index is 0.0822. The van der Waals surface area contributed by atoms with Gasteiger partial charge < -0.3 is 10.2 Å². The third kappa shape index (κ3) is 3.93. The van der Waals surface area contributed by atoms with Crippen molar-refractivity contribution in [1.29, 1.82) is 0 Å². The van der Waals surface area contributed by atoms with Gasteiger partial charge in [0.1, 0.15) is 5.76 Å². The summed E-state index contributed by atoms with van der Waals surface area (Å²) in [5.41, 5.74) is 5.38. The second-order valence-corrected chi connectivity index (χ2v) is 6.41. The first-order valence-electron chi connectivity index (χ1n) is 6.33. The van der Waals surface area contributed by atoms with Gasteiger partial charge in [0.25, 0.3) is 0 Å². The van der Waals surface area contributed by atoms with Crippen molar-refractivity contribution in [3.05, 3.63) is 54.0 Å². The van der Waals surface area contributed by atoms with Crippen LogP contribution in [0.15, 0.2) is 52.0 Å². The fraction of sp³-hybridized carbons (Fsp3) is 0.214. The third-order valence-corrected chi connectivity index (χ3v) is 4.50. The zero-order chi connectivity index (χ0) is 15.5. The van der Waals surface area contributed by atoms with E-state index in [1.807, 2.05) is 0 Å². The Balaban J connectivity index is 2.08. The standard InChI is InChI=1S/C14H16N2O4S/c1-10(9-12-3-2-8-20-12)16-21(18,19)13-6-4-11(5-7-13)14(15)17/h2-8,10,16H,9H2,1H3,(H2,15,17). The molecule has 1 aromatic carbocycles. The van der Waals surface area contributed by atoms with Gasteiger partial charge in [0.15, 0.2) is 0 Å². The molecule has 7 heteroatoms. The number of carbonyl (C=O) groups excluding carboxylic acids is 1. The number of carbonyl (C=O) groups is 1. The van der Waals surface area contributed by atoms with E-state index in [1.165, 1.54) is 24.3 Å². The molecule has 1 unspecified atom stereocenters. The quantitative estimate of drug-likeness (QED) is 0.839. The van der Waals surface area contributed by atoms with E-state index in [0.717, 1.165) is 0 Å². The van der Waals surface area contributed by atoms with Gasteiger partial charge in [-0.05, 0) is 43.3 Å². The average molecular weight is 308 g/mol. The first kappa shape index (κ1) is 15.3. The minimum Gasteiger partial charge on any atom is -0.469 e. The summed E-state index contributed by atoms with van der Waals surface area (Å²) < 4.78 is 32.1. The molecular formula is C14H16N2O4S. The van der Waals surface area contributed by atoms with Gasteiger partial charge in [-0.2, -0.15) is 0 Å². The van der Waals surface area contributed by atoms with E-state index in [2.05, 4.69) is 4.72 Å². The average Bonchev–Trinajstić information content (AvgIpc) is 2.90. The summed E-state index contributed by atoms with van der Waals surface area (Å²) in [6.45, 7) is 1.75. The summed E-state index contributed by atoms with van der Waals surface area (Å²) in [5, 5.41) is 0. The first-order valence-corrected chi connectivity index (χ1v) is 7.81. The van der Waals surface area contributed by atoms with Gasteiger partial charge in [0.2, 0.25) is 15.9 Å². The molecule has 0 aliphatic carbocycles. The lowest BCUT2D eigenvalue weighted by atomic mass is 10.2. The predicted molar refractivity (Wildman–Crippen MR) is 77.2 cm³/mol. The van der Waals surface area contributed by atoms with Gasteiger partial charge in [-0.1, -0.05) is 0 Å². The Bertz CT molecular complexity index is 706. The number of nitrogens with two attached hydrogens (primary N) is 1. The molecule has 0 bridgehead atoms. The van der Waals surface area contributed by atoms with Crippen LogP contribution in [0.2, 0.25) is 0 Å². The lowest BCUT2D eigenvalue weighted by Gasteiger charge is -2.13. The van der Waals surface area contributed by atoms with Crippen LogP contribution in [0.1, 0.15) is 23.0 Å². The van der Waals surface area contributed by atoms with Gasteiger partial charge >= 0.3 is 0 Å². The van der Waals surface area contributed by atoms with Crippen LogP contribution in [0.5, 0.6) is 0 Å². The highest BCUT2D eigenvalue weighted by molar-refractivity contribution is 7.89. The molecule has 1 heterocycles. The molecule has 0 aliphatic heterocycles. The van der Waals surface area contributed by atoms with Crippen molar-refractivity contribution in [2.75, 3.05) is 0 Å². The van der Waals surface area contributed by atoms with Crippen LogP contribution in [0, 0.1) is 0 Å². The monoisotopic (exact) mass is 308 g/mol. The van der Waals surface area contributed by atoms with Crippen molar-refractivity contribution in [2.45, 2.75) is 24.3 Å². The third-order valence-electron chi connectivity index (χ3n) is 2.89. The minimum atomic E-state index is -3.65. The number of nitrogens with one attached hydrogen (secondary N) is 1. The molecule has 0 aliphatic rings. The molecule has 1 atom stereocenters. The van der Waals surface area contributed by atoms with Crippen LogP contribution in [-0.4, -0.2) is 20.4 Å². The molecule has 0 saturated heterocycles. The predicted octanol–water partition coefficient (Wildman–Crippen LogP) is 1.29. The summed E-state index contributed by atoms with van der Waals surface area (Å²) in [6, 6.07) is 8.68. The van der Waals surface area contributed by atoms with E-state index in [-0.39, 0.29) is 16.5 Å². The molecule has 112 valence electrons. The van der Waals surface area contributed by atoms with Gasteiger partial charge in [0.05, 0.1) is 11.2 Å². The molecule has 6 nitrogen and oxygen atoms in total. The Kier molecular flexibility index (Phi) is 4.44. The number of amides is 1. The van der Waals surface area contributed by atoms with Crippen molar-refractivity contribution in [3.63, 3.8) is 0 Å². The maximum absolute atomic E-state index is 12.2. The molecule has 0 fully saturated rings. The van der Waals surface area contributed by atoms with E-state index in [0.29, 0.717) is 12.2 Å². The van der Waals surface area contributed by atoms with Gasteiger partial charge in [-0.15, -0.1) is 0 Å². The second kappa shape index (κ2) is 6.11. The van der Waals surface area contributed by atoms with Crippen LogP contribution in [0.25, 0.3) is 0 Å². The zero-order valence-corrected chi connectivity index (χ0v) is 12.3. The SMILES string of the molecule is CC(Cc1ccco1)NS(=O)(=O)c1ccc(C(N)=O)cc1. The van der Waals surface area contributed by atoms with Crippen LogP contribution in [0.3, 0.4) is 0 Å². The van der Waals surface area contributed by atoms with E-state index in [1.54, 1.807) is 25.3 Å². The fourth-order valence-electron chi connectivity index (χ4n) is 1.90. The molecular weight excluding hydrogens is 292 g/mol. The van der Waals surface area contributed by atoms with Crippen LogP contribution < -0.4 is 10.5 Å². The molecule has 1 amide bonds. The summed E-state index contributed by atoms with van der Waals surface area (Å²) in [4.78, 5) is 11.0. The van der Waals surface area contributed by atoms with Crippen molar-refractivity contribution in [3.8, 4) is 0 Å². The van der Waals surface area contributed by atoms with Crippen molar-refractivity contribution in [1.82, 2.24) is 4.72 Å². The molecule has 0 spiro atoms. The highest BCUT2D eigenvalue weighted by atomic mass is 32.2. The summed E-state index contributed by atoms with van der Waals surface area (Å²) in [6.07, 6.45) is 1.99. The van der Waals surface area contributed by atoms with Crippen LogP contribution in [-0.2, 0) is 16.4 Å².